The lowest BCUT2D eigenvalue weighted by molar-refractivity contribution is -0.384. The average molecular weight is 262 g/mol. The van der Waals surface area contributed by atoms with Crippen molar-refractivity contribution in [2.45, 2.75) is 19.9 Å². The first-order valence-corrected chi connectivity index (χ1v) is 5.98. The summed E-state index contributed by atoms with van der Waals surface area (Å²) >= 11 is 0. The number of non-ortho nitro benzene ring substituents is 1. The molecule has 19 heavy (non-hydrogen) atoms. The Kier molecular flexibility index (Phi) is 4.19. The summed E-state index contributed by atoms with van der Waals surface area (Å²) in [4.78, 5) is 10.2. The number of nitrogens with zero attached hydrogens (tertiary/aromatic N) is 3. The third-order valence-corrected chi connectivity index (χ3v) is 2.47. The van der Waals surface area contributed by atoms with Gasteiger partial charge < -0.3 is 9.73 Å². The van der Waals surface area contributed by atoms with Crippen LogP contribution in [0.4, 0.5) is 5.69 Å². The van der Waals surface area contributed by atoms with Crippen molar-refractivity contribution in [3.8, 4) is 11.5 Å². The highest BCUT2D eigenvalue weighted by atomic mass is 16.6. The Labute approximate surface area is 109 Å². The molecule has 0 fully saturated rings. The Morgan fingerprint density at radius 2 is 2.26 bits per heavy atom. The van der Waals surface area contributed by atoms with E-state index in [1.807, 2.05) is 0 Å². The molecule has 1 N–H and O–H groups in total. The van der Waals surface area contributed by atoms with E-state index in [1.165, 1.54) is 12.1 Å². The van der Waals surface area contributed by atoms with Gasteiger partial charge in [0.25, 0.3) is 5.69 Å². The second kappa shape index (κ2) is 6.05. The SMILES string of the molecule is CCCNCc1nnc(-c2cccc([N+](=O)[O-])c2)o1. The van der Waals surface area contributed by atoms with Gasteiger partial charge in [0, 0.05) is 17.7 Å². The zero-order chi connectivity index (χ0) is 13.7. The van der Waals surface area contributed by atoms with Crippen molar-refractivity contribution < 1.29 is 9.34 Å². The van der Waals surface area contributed by atoms with E-state index < -0.39 is 4.92 Å². The van der Waals surface area contributed by atoms with Gasteiger partial charge in [-0.1, -0.05) is 13.0 Å². The third-order valence-electron chi connectivity index (χ3n) is 2.47. The fourth-order valence-electron chi connectivity index (χ4n) is 1.57. The molecular formula is C12H14N4O3. The Hall–Kier alpha value is -2.28. The molecule has 0 spiro atoms. The molecule has 0 saturated heterocycles. The van der Waals surface area contributed by atoms with Gasteiger partial charge >= 0.3 is 0 Å². The molecule has 0 radical (unpaired) electrons. The molecule has 2 rings (SSSR count). The van der Waals surface area contributed by atoms with E-state index in [1.54, 1.807) is 12.1 Å². The zero-order valence-electron chi connectivity index (χ0n) is 10.5. The average Bonchev–Trinajstić information content (AvgIpc) is 2.88. The topological polar surface area (TPSA) is 94.1 Å². The second-order valence-corrected chi connectivity index (χ2v) is 3.99. The minimum absolute atomic E-state index is 0.00126. The number of hydrogen-bond donors (Lipinski definition) is 1. The fourth-order valence-corrected chi connectivity index (χ4v) is 1.57. The van der Waals surface area contributed by atoms with Crippen molar-refractivity contribution in [3.05, 3.63) is 40.3 Å². The Balaban J connectivity index is 2.13. The van der Waals surface area contributed by atoms with E-state index in [0.717, 1.165) is 13.0 Å². The molecule has 0 unspecified atom stereocenters. The molecule has 0 bridgehead atoms. The lowest BCUT2D eigenvalue weighted by Crippen LogP contribution is -2.13. The minimum atomic E-state index is -0.455. The lowest BCUT2D eigenvalue weighted by Gasteiger charge is -1.97. The van der Waals surface area contributed by atoms with Gasteiger partial charge in [-0.25, -0.2) is 0 Å². The number of nitrogens with one attached hydrogen (secondary N) is 1. The summed E-state index contributed by atoms with van der Waals surface area (Å²) in [7, 11) is 0. The van der Waals surface area contributed by atoms with Crippen LogP contribution in [-0.4, -0.2) is 21.7 Å². The Morgan fingerprint density at radius 1 is 1.42 bits per heavy atom. The number of nitro groups is 1. The maximum absolute atomic E-state index is 10.7. The highest BCUT2D eigenvalue weighted by Gasteiger charge is 2.12. The van der Waals surface area contributed by atoms with Crippen molar-refractivity contribution >= 4 is 5.69 Å². The van der Waals surface area contributed by atoms with Gasteiger partial charge in [-0.05, 0) is 19.0 Å². The molecule has 1 aromatic carbocycles. The molecule has 2 aromatic rings. The van der Waals surface area contributed by atoms with Crippen LogP contribution < -0.4 is 5.32 Å². The molecule has 0 amide bonds. The number of aromatic nitrogens is 2. The predicted molar refractivity (Wildman–Crippen MR) is 68.4 cm³/mol. The predicted octanol–water partition coefficient (Wildman–Crippen LogP) is 2.14. The molecule has 7 nitrogen and oxygen atoms in total. The number of rotatable bonds is 6. The standard InChI is InChI=1S/C12H14N4O3/c1-2-6-13-8-11-14-15-12(19-11)9-4-3-5-10(7-9)16(17)18/h3-5,7,13H,2,6,8H2,1H3. The van der Waals surface area contributed by atoms with Gasteiger partial charge in [-0.2, -0.15) is 0 Å². The second-order valence-electron chi connectivity index (χ2n) is 3.99. The van der Waals surface area contributed by atoms with Crippen LogP contribution in [0.3, 0.4) is 0 Å². The van der Waals surface area contributed by atoms with E-state index in [9.17, 15) is 10.1 Å². The molecule has 7 heteroatoms. The van der Waals surface area contributed by atoms with Crippen LogP contribution in [-0.2, 0) is 6.54 Å². The lowest BCUT2D eigenvalue weighted by atomic mass is 10.2. The summed E-state index contributed by atoms with van der Waals surface area (Å²) in [6, 6.07) is 6.12. The quantitative estimate of drug-likeness (QED) is 0.487. The van der Waals surface area contributed by atoms with Crippen LogP contribution in [0.1, 0.15) is 19.2 Å². The summed E-state index contributed by atoms with van der Waals surface area (Å²) in [5.74, 6) is 0.756. The van der Waals surface area contributed by atoms with Gasteiger partial charge in [-0.15, -0.1) is 10.2 Å². The maximum atomic E-state index is 10.7. The number of nitro benzene ring substituents is 1. The molecule has 0 aliphatic heterocycles. The first-order chi connectivity index (χ1) is 9.20. The molecule has 0 saturated carbocycles. The molecule has 1 aromatic heterocycles. The van der Waals surface area contributed by atoms with Crippen molar-refractivity contribution in [1.82, 2.24) is 15.5 Å². The summed E-state index contributed by atoms with van der Waals surface area (Å²) in [6.45, 7) is 3.43. The minimum Gasteiger partial charge on any atom is -0.419 e. The van der Waals surface area contributed by atoms with Crippen molar-refractivity contribution in [2.75, 3.05) is 6.54 Å². The van der Waals surface area contributed by atoms with Crippen LogP contribution in [0, 0.1) is 10.1 Å². The highest BCUT2D eigenvalue weighted by Crippen LogP contribution is 2.22. The third kappa shape index (κ3) is 3.35. The van der Waals surface area contributed by atoms with Crippen LogP contribution in [0.15, 0.2) is 28.7 Å². The van der Waals surface area contributed by atoms with E-state index in [4.69, 9.17) is 4.42 Å². The largest absolute Gasteiger partial charge is 0.419 e. The first-order valence-electron chi connectivity index (χ1n) is 5.98. The molecular weight excluding hydrogens is 248 g/mol. The zero-order valence-corrected chi connectivity index (χ0v) is 10.5. The monoisotopic (exact) mass is 262 g/mol. The summed E-state index contributed by atoms with van der Waals surface area (Å²) in [5, 5.41) is 21.6. The molecule has 1 heterocycles. The van der Waals surface area contributed by atoms with Gasteiger partial charge in [0.2, 0.25) is 11.8 Å². The van der Waals surface area contributed by atoms with Crippen molar-refractivity contribution in [3.63, 3.8) is 0 Å². The normalized spacial score (nSPS) is 10.6. The van der Waals surface area contributed by atoms with Gasteiger partial charge in [0.05, 0.1) is 11.5 Å². The smallest absolute Gasteiger partial charge is 0.270 e. The van der Waals surface area contributed by atoms with Crippen LogP contribution in [0.25, 0.3) is 11.5 Å². The van der Waals surface area contributed by atoms with Gasteiger partial charge in [-0.3, -0.25) is 10.1 Å². The Bertz CT molecular complexity index is 568. The first kappa shape index (κ1) is 13.2. The fraction of sp³-hybridized carbons (Fsp3) is 0.333. The molecule has 100 valence electrons. The van der Waals surface area contributed by atoms with Gasteiger partial charge in [0.15, 0.2) is 0 Å². The van der Waals surface area contributed by atoms with Crippen LogP contribution in [0.5, 0.6) is 0 Å². The number of hydrogen-bond acceptors (Lipinski definition) is 6. The summed E-state index contributed by atoms with van der Waals surface area (Å²) < 4.78 is 5.44. The Morgan fingerprint density at radius 3 is 3.00 bits per heavy atom. The van der Waals surface area contributed by atoms with E-state index in [0.29, 0.717) is 18.0 Å². The van der Waals surface area contributed by atoms with Crippen molar-refractivity contribution in [1.29, 1.82) is 0 Å². The van der Waals surface area contributed by atoms with Crippen LogP contribution in [0.2, 0.25) is 0 Å². The molecule has 0 aliphatic rings. The van der Waals surface area contributed by atoms with Crippen LogP contribution >= 0.6 is 0 Å². The van der Waals surface area contributed by atoms with Crippen molar-refractivity contribution in [2.24, 2.45) is 0 Å². The maximum Gasteiger partial charge on any atom is 0.270 e. The highest BCUT2D eigenvalue weighted by molar-refractivity contribution is 5.57. The molecule has 0 aliphatic carbocycles. The van der Waals surface area contributed by atoms with E-state index >= 15 is 0 Å². The van der Waals surface area contributed by atoms with E-state index in [2.05, 4.69) is 22.4 Å². The molecule has 0 atom stereocenters. The van der Waals surface area contributed by atoms with Gasteiger partial charge in [0.1, 0.15) is 0 Å². The summed E-state index contributed by atoms with van der Waals surface area (Å²) in [5.41, 5.74) is 0.546. The summed E-state index contributed by atoms with van der Waals surface area (Å²) in [6.07, 6.45) is 1.02. The van der Waals surface area contributed by atoms with E-state index in [-0.39, 0.29) is 11.6 Å². The number of benzene rings is 1.